The maximum absolute atomic E-state index is 6.24. The number of rotatable bonds is 8. The van der Waals surface area contributed by atoms with Crippen LogP contribution in [0.4, 0.5) is 23.0 Å². The molecule has 0 amide bonds. The molecular formula is C20H23N5O2. The minimum atomic E-state index is 0.448. The Balaban J connectivity index is 1.71. The van der Waals surface area contributed by atoms with E-state index < -0.39 is 0 Å². The van der Waals surface area contributed by atoms with E-state index in [1.807, 2.05) is 30.3 Å². The van der Waals surface area contributed by atoms with Gasteiger partial charge in [-0.3, -0.25) is 0 Å². The molecule has 1 aromatic heterocycles. The van der Waals surface area contributed by atoms with Crippen molar-refractivity contribution in [3.63, 3.8) is 0 Å². The molecule has 0 atom stereocenters. The number of aromatic nitrogens is 2. The SMILES string of the molecule is COc1ccc(Nc2ncnc(NCCc3ccccc3)c2N)c(OC)c1. The topological polar surface area (TPSA) is 94.3 Å². The quantitative estimate of drug-likeness (QED) is 0.562. The number of methoxy groups -OCH3 is 2. The Morgan fingerprint density at radius 3 is 2.48 bits per heavy atom. The van der Waals surface area contributed by atoms with E-state index in [0.717, 1.165) is 18.7 Å². The van der Waals surface area contributed by atoms with Crippen molar-refractivity contribution >= 4 is 23.0 Å². The lowest BCUT2D eigenvalue weighted by Crippen LogP contribution is -2.11. The van der Waals surface area contributed by atoms with Crippen LogP contribution in [-0.2, 0) is 6.42 Å². The van der Waals surface area contributed by atoms with E-state index in [1.165, 1.54) is 11.9 Å². The van der Waals surface area contributed by atoms with Gasteiger partial charge < -0.3 is 25.8 Å². The number of nitrogen functional groups attached to an aromatic ring is 1. The van der Waals surface area contributed by atoms with Crippen molar-refractivity contribution in [2.45, 2.75) is 6.42 Å². The summed E-state index contributed by atoms with van der Waals surface area (Å²) in [4.78, 5) is 8.49. The number of benzene rings is 2. The molecule has 3 rings (SSSR count). The minimum Gasteiger partial charge on any atom is -0.497 e. The molecule has 7 heteroatoms. The zero-order valence-corrected chi connectivity index (χ0v) is 15.4. The molecular weight excluding hydrogens is 342 g/mol. The van der Waals surface area contributed by atoms with Crippen molar-refractivity contribution in [1.29, 1.82) is 0 Å². The van der Waals surface area contributed by atoms with E-state index in [0.29, 0.717) is 28.8 Å². The molecule has 0 unspecified atom stereocenters. The smallest absolute Gasteiger partial charge is 0.159 e. The second kappa shape index (κ2) is 8.75. The summed E-state index contributed by atoms with van der Waals surface area (Å²) in [7, 11) is 3.21. The second-order valence-electron chi connectivity index (χ2n) is 5.84. The Hall–Kier alpha value is -3.48. The van der Waals surface area contributed by atoms with Crippen LogP contribution in [0.3, 0.4) is 0 Å². The normalized spacial score (nSPS) is 10.3. The highest BCUT2D eigenvalue weighted by Crippen LogP contribution is 2.33. The summed E-state index contributed by atoms with van der Waals surface area (Å²) in [6, 6.07) is 15.7. The van der Waals surface area contributed by atoms with Gasteiger partial charge in [0.05, 0.1) is 19.9 Å². The molecule has 27 heavy (non-hydrogen) atoms. The van der Waals surface area contributed by atoms with Crippen molar-refractivity contribution < 1.29 is 9.47 Å². The molecule has 1 heterocycles. The molecule has 0 bridgehead atoms. The van der Waals surface area contributed by atoms with Crippen molar-refractivity contribution in [2.75, 3.05) is 37.1 Å². The fourth-order valence-corrected chi connectivity index (χ4v) is 2.64. The van der Waals surface area contributed by atoms with Gasteiger partial charge in [0.25, 0.3) is 0 Å². The van der Waals surface area contributed by atoms with E-state index in [-0.39, 0.29) is 0 Å². The zero-order chi connectivity index (χ0) is 19.1. The third-order valence-corrected chi connectivity index (χ3v) is 4.09. The van der Waals surface area contributed by atoms with E-state index in [4.69, 9.17) is 15.2 Å². The zero-order valence-electron chi connectivity index (χ0n) is 15.4. The monoisotopic (exact) mass is 365 g/mol. The molecule has 0 aliphatic carbocycles. The first kappa shape index (κ1) is 18.3. The van der Waals surface area contributed by atoms with Gasteiger partial charge in [-0.2, -0.15) is 0 Å². The van der Waals surface area contributed by atoms with Crippen LogP contribution >= 0.6 is 0 Å². The van der Waals surface area contributed by atoms with Gasteiger partial charge in [-0.15, -0.1) is 0 Å². The van der Waals surface area contributed by atoms with Gasteiger partial charge in [-0.1, -0.05) is 30.3 Å². The predicted octanol–water partition coefficient (Wildman–Crippen LogP) is 3.47. The summed E-state index contributed by atoms with van der Waals surface area (Å²) in [5, 5.41) is 6.46. The van der Waals surface area contributed by atoms with E-state index >= 15 is 0 Å². The summed E-state index contributed by atoms with van der Waals surface area (Å²) >= 11 is 0. The van der Waals surface area contributed by atoms with E-state index in [9.17, 15) is 0 Å². The third-order valence-electron chi connectivity index (χ3n) is 4.09. The summed E-state index contributed by atoms with van der Waals surface area (Å²) in [6.45, 7) is 0.719. The highest BCUT2D eigenvalue weighted by molar-refractivity contribution is 5.79. The van der Waals surface area contributed by atoms with Gasteiger partial charge in [0.2, 0.25) is 0 Å². The van der Waals surface area contributed by atoms with Crippen molar-refractivity contribution in [3.05, 3.63) is 60.4 Å². The number of ether oxygens (including phenoxy) is 2. The third kappa shape index (κ3) is 4.58. The number of nitrogens with one attached hydrogen (secondary N) is 2. The van der Waals surface area contributed by atoms with Gasteiger partial charge in [0.15, 0.2) is 11.6 Å². The van der Waals surface area contributed by atoms with Gasteiger partial charge in [-0.25, -0.2) is 9.97 Å². The highest BCUT2D eigenvalue weighted by atomic mass is 16.5. The Kier molecular flexibility index (Phi) is 5.94. The predicted molar refractivity (Wildman–Crippen MR) is 108 cm³/mol. The molecule has 0 saturated carbocycles. The molecule has 2 aromatic carbocycles. The molecule has 3 aromatic rings. The summed E-state index contributed by atoms with van der Waals surface area (Å²) < 4.78 is 10.6. The number of nitrogens with zero attached hydrogens (tertiary/aromatic N) is 2. The highest BCUT2D eigenvalue weighted by Gasteiger charge is 2.11. The molecule has 7 nitrogen and oxygen atoms in total. The molecule has 140 valence electrons. The van der Waals surface area contributed by atoms with Crippen LogP contribution < -0.4 is 25.8 Å². The summed E-state index contributed by atoms with van der Waals surface area (Å²) in [5.41, 5.74) is 8.67. The maximum atomic E-state index is 6.24. The fourth-order valence-electron chi connectivity index (χ4n) is 2.64. The molecule has 0 aliphatic heterocycles. The van der Waals surface area contributed by atoms with Crippen molar-refractivity contribution in [2.24, 2.45) is 0 Å². The molecule has 0 spiro atoms. The van der Waals surface area contributed by atoms with E-state index in [1.54, 1.807) is 20.3 Å². The molecule has 0 radical (unpaired) electrons. The lowest BCUT2D eigenvalue weighted by atomic mass is 10.1. The van der Waals surface area contributed by atoms with Crippen LogP contribution in [-0.4, -0.2) is 30.7 Å². The fraction of sp³-hybridized carbons (Fsp3) is 0.200. The average Bonchev–Trinajstić information content (AvgIpc) is 2.71. The van der Waals surface area contributed by atoms with Crippen molar-refractivity contribution in [3.8, 4) is 11.5 Å². The number of hydrogen-bond donors (Lipinski definition) is 3. The van der Waals surface area contributed by atoms with Gasteiger partial charge >= 0.3 is 0 Å². The number of anilines is 4. The molecule has 0 aliphatic rings. The lowest BCUT2D eigenvalue weighted by Gasteiger charge is -2.15. The largest absolute Gasteiger partial charge is 0.497 e. The van der Waals surface area contributed by atoms with Gasteiger partial charge in [0, 0.05) is 12.6 Å². The van der Waals surface area contributed by atoms with E-state index in [2.05, 4.69) is 32.7 Å². The van der Waals surface area contributed by atoms with Gasteiger partial charge in [0.1, 0.15) is 23.5 Å². The van der Waals surface area contributed by atoms with Crippen LogP contribution in [0.1, 0.15) is 5.56 Å². The Labute approximate surface area is 158 Å². The minimum absolute atomic E-state index is 0.448. The number of nitrogens with two attached hydrogens (primary N) is 1. The Morgan fingerprint density at radius 2 is 1.74 bits per heavy atom. The first-order valence-corrected chi connectivity index (χ1v) is 8.58. The molecule has 0 saturated heterocycles. The van der Waals surface area contributed by atoms with Crippen LogP contribution in [0, 0.1) is 0 Å². The number of hydrogen-bond acceptors (Lipinski definition) is 7. The first-order chi connectivity index (χ1) is 13.2. The van der Waals surface area contributed by atoms with Gasteiger partial charge in [-0.05, 0) is 24.1 Å². The molecule has 0 fully saturated rings. The average molecular weight is 365 g/mol. The maximum Gasteiger partial charge on any atom is 0.159 e. The van der Waals surface area contributed by atoms with Crippen LogP contribution in [0.5, 0.6) is 11.5 Å². The Bertz CT molecular complexity index is 887. The molecule has 4 N–H and O–H groups in total. The van der Waals surface area contributed by atoms with Crippen LogP contribution in [0.25, 0.3) is 0 Å². The lowest BCUT2D eigenvalue weighted by molar-refractivity contribution is 0.395. The summed E-state index contributed by atoms with van der Waals surface area (Å²) in [5.74, 6) is 2.44. The van der Waals surface area contributed by atoms with Crippen LogP contribution in [0.2, 0.25) is 0 Å². The standard InChI is InChI=1S/C20H23N5O2/c1-26-15-8-9-16(17(12-15)27-2)25-20-18(21)19(23-13-24-20)22-11-10-14-6-4-3-5-7-14/h3-9,12-13H,10-11,21H2,1-2H3,(H2,22,23,24,25). The van der Waals surface area contributed by atoms with Crippen LogP contribution in [0.15, 0.2) is 54.9 Å². The van der Waals surface area contributed by atoms with Crippen molar-refractivity contribution in [1.82, 2.24) is 9.97 Å². The first-order valence-electron chi connectivity index (χ1n) is 8.58. The summed E-state index contributed by atoms with van der Waals surface area (Å²) in [6.07, 6.45) is 2.35. The second-order valence-corrected chi connectivity index (χ2v) is 5.84. The Morgan fingerprint density at radius 1 is 0.963 bits per heavy atom.